The molecule has 2 aromatic rings. The molecule has 1 unspecified atom stereocenters. The number of hydrogen-bond donors (Lipinski definition) is 1. The molecule has 2 N–H and O–H groups in total. The molecule has 0 fully saturated rings. The van der Waals surface area contributed by atoms with Crippen LogP contribution >= 0.6 is 15.9 Å². The average molecular weight is 326 g/mol. The predicted molar refractivity (Wildman–Crippen MR) is 82.2 cm³/mol. The summed E-state index contributed by atoms with van der Waals surface area (Å²) in [5.41, 5.74) is 8.06. The number of benzene rings is 1. The zero-order valence-corrected chi connectivity index (χ0v) is 13.1. The third kappa shape index (κ3) is 2.92. The Morgan fingerprint density at radius 2 is 2.16 bits per heavy atom. The monoisotopic (exact) mass is 325 g/mol. The highest BCUT2D eigenvalue weighted by Gasteiger charge is 2.21. The van der Waals surface area contributed by atoms with E-state index < -0.39 is 0 Å². The Morgan fingerprint density at radius 1 is 1.42 bits per heavy atom. The highest BCUT2D eigenvalue weighted by atomic mass is 79.9. The Labute approximate surface area is 122 Å². The minimum Gasteiger partial charge on any atom is -0.380 e. The van der Waals surface area contributed by atoms with Crippen LogP contribution < -0.4 is 5.73 Å². The second-order valence-electron chi connectivity index (χ2n) is 4.94. The highest BCUT2D eigenvalue weighted by molar-refractivity contribution is 9.10. The lowest BCUT2D eigenvalue weighted by Gasteiger charge is -2.24. The summed E-state index contributed by atoms with van der Waals surface area (Å²) in [6.45, 7) is 7.71. The zero-order valence-electron chi connectivity index (χ0n) is 11.6. The first-order chi connectivity index (χ1) is 9.04. The molecule has 104 valence electrons. The van der Waals surface area contributed by atoms with E-state index in [0.717, 1.165) is 15.5 Å². The molecule has 0 spiro atoms. The molecule has 5 heteroatoms. The Balaban J connectivity index is 2.49. The van der Waals surface area contributed by atoms with Gasteiger partial charge >= 0.3 is 0 Å². The van der Waals surface area contributed by atoms with Crippen molar-refractivity contribution in [1.82, 2.24) is 9.55 Å². The molecule has 1 aromatic heterocycles. The first-order valence-electron chi connectivity index (χ1n) is 6.55. The topological polar surface area (TPSA) is 53.1 Å². The van der Waals surface area contributed by atoms with Gasteiger partial charge in [0.15, 0.2) is 0 Å². The van der Waals surface area contributed by atoms with Crippen LogP contribution in [-0.4, -0.2) is 22.8 Å². The normalized spacial score (nSPS) is 13.3. The lowest BCUT2D eigenvalue weighted by atomic mass is 10.0. The van der Waals surface area contributed by atoms with Gasteiger partial charge in [-0.2, -0.15) is 0 Å². The molecule has 0 saturated carbocycles. The van der Waals surface area contributed by atoms with Crippen LogP contribution in [0.5, 0.6) is 0 Å². The van der Waals surface area contributed by atoms with Crippen molar-refractivity contribution in [3.05, 3.63) is 22.7 Å². The molecule has 0 aliphatic rings. The summed E-state index contributed by atoms with van der Waals surface area (Å²) in [5, 5.41) is 0. The van der Waals surface area contributed by atoms with Crippen LogP contribution in [0, 0.1) is 5.92 Å². The number of halogens is 1. The number of nitrogen functional groups attached to an aromatic ring is 1. The average Bonchev–Trinajstić information content (AvgIpc) is 2.65. The SMILES string of the molecule is CCOCC(C(C)C)n1c(N)nc2cc(Br)ccc21. The Morgan fingerprint density at radius 3 is 2.79 bits per heavy atom. The molecule has 1 aromatic carbocycles. The van der Waals surface area contributed by atoms with E-state index in [9.17, 15) is 0 Å². The second kappa shape index (κ2) is 5.92. The van der Waals surface area contributed by atoms with Crippen molar-refractivity contribution in [3.63, 3.8) is 0 Å². The molecule has 0 amide bonds. The number of rotatable bonds is 5. The van der Waals surface area contributed by atoms with Gasteiger partial charge in [0.05, 0.1) is 23.7 Å². The number of ether oxygens (including phenoxy) is 1. The fraction of sp³-hybridized carbons (Fsp3) is 0.500. The van der Waals surface area contributed by atoms with Gasteiger partial charge in [0.1, 0.15) is 0 Å². The fourth-order valence-electron chi connectivity index (χ4n) is 2.24. The van der Waals surface area contributed by atoms with Gasteiger partial charge in [-0.1, -0.05) is 29.8 Å². The first-order valence-corrected chi connectivity index (χ1v) is 7.34. The Bertz CT molecular complexity index is 565. The van der Waals surface area contributed by atoms with Crippen molar-refractivity contribution in [2.75, 3.05) is 18.9 Å². The van der Waals surface area contributed by atoms with Gasteiger partial charge in [0.2, 0.25) is 5.95 Å². The number of imidazole rings is 1. The van der Waals surface area contributed by atoms with E-state index in [1.54, 1.807) is 0 Å². The minimum absolute atomic E-state index is 0.200. The second-order valence-corrected chi connectivity index (χ2v) is 5.86. The predicted octanol–water partition coefficient (Wildman–Crippen LogP) is 3.61. The third-order valence-electron chi connectivity index (χ3n) is 3.27. The summed E-state index contributed by atoms with van der Waals surface area (Å²) in [4.78, 5) is 4.44. The van der Waals surface area contributed by atoms with Crippen LogP contribution in [0.4, 0.5) is 5.95 Å². The maximum absolute atomic E-state index is 6.09. The summed E-state index contributed by atoms with van der Waals surface area (Å²) in [6.07, 6.45) is 0. The minimum atomic E-state index is 0.200. The van der Waals surface area contributed by atoms with Crippen molar-refractivity contribution in [1.29, 1.82) is 0 Å². The number of aromatic nitrogens is 2. The maximum atomic E-state index is 6.09. The van der Waals surface area contributed by atoms with Gasteiger partial charge in [-0.15, -0.1) is 0 Å². The molecule has 1 atom stereocenters. The number of fused-ring (bicyclic) bond motifs is 1. The molecule has 0 aliphatic carbocycles. The van der Waals surface area contributed by atoms with E-state index >= 15 is 0 Å². The van der Waals surface area contributed by atoms with Crippen molar-refractivity contribution >= 4 is 32.9 Å². The highest BCUT2D eigenvalue weighted by Crippen LogP contribution is 2.29. The number of nitrogens with two attached hydrogens (primary N) is 1. The van der Waals surface area contributed by atoms with Crippen LogP contribution in [-0.2, 0) is 4.74 Å². The summed E-state index contributed by atoms with van der Waals surface area (Å²) in [7, 11) is 0. The molecule has 19 heavy (non-hydrogen) atoms. The van der Waals surface area contributed by atoms with Crippen molar-refractivity contribution < 1.29 is 4.74 Å². The number of nitrogens with zero attached hydrogens (tertiary/aromatic N) is 2. The molecule has 0 aliphatic heterocycles. The van der Waals surface area contributed by atoms with E-state index in [1.165, 1.54) is 0 Å². The number of hydrogen-bond acceptors (Lipinski definition) is 3. The van der Waals surface area contributed by atoms with Crippen LogP contribution in [0.25, 0.3) is 11.0 Å². The van der Waals surface area contributed by atoms with Crippen molar-refractivity contribution in [2.24, 2.45) is 5.92 Å². The van der Waals surface area contributed by atoms with E-state index in [4.69, 9.17) is 10.5 Å². The smallest absolute Gasteiger partial charge is 0.201 e. The largest absolute Gasteiger partial charge is 0.380 e. The molecule has 0 saturated heterocycles. The molecule has 1 heterocycles. The van der Waals surface area contributed by atoms with Crippen LogP contribution in [0.3, 0.4) is 0 Å². The van der Waals surface area contributed by atoms with E-state index in [2.05, 4.69) is 39.3 Å². The zero-order chi connectivity index (χ0) is 14.0. The lowest BCUT2D eigenvalue weighted by Crippen LogP contribution is -2.22. The van der Waals surface area contributed by atoms with Gasteiger partial charge in [0, 0.05) is 11.1 Å². The van der Waals surface area contributed by atoms with E-state index in [-0.39, 0.29) is 6.04 Å². The van der Waals surface area contributed by atoms with E-state index in [0.29, 0.717) is 25.1 Å². The Hall–Kier alpha value is -1.07. The summed E-state index contributed by atoms with van der Waals surface area (Å²) < 4.78 is 8.69. The van der Waals surface area contributed by atoms with Crippen LogP contribution in [0.15, 0.2) is 22.7 Å². The van der Waals surface area contributed by atoms with Gasteiger partial charge < -0.3 is 15.0 Å². The molecule has 0 radical (unpaired) electrons. The third-order valence-corrected chi connectivity index (χ3v) is 3.77. The van der Waals surface area contributed by atoms with Crippen LogP contribution in [0.1, 0.15) is 26.8 Å². The van der Waals surface area contributed by atoms with Gasteiger partial charge in [0.25, 0.3) is 0 Å². The van der Waals surface area contributed by atoms with Gasteiger partial charge in [-0.25, -0.2) is 4.98 Å². The summed E-state index contributed by atoms with van der Waals surface area (Å²) in [6, 6.07) is 6.24. The maximum Gasteiger partial charge on any atom is 0.201 e. The fourth-order valence-corrected chi connectivity index (χ4v) is 2.59. The molecule has 0 bridgehead atoms. The van der Waals surface area contributed by atoms with Crippen LogP contribution in [0.2, 0.25) is 0 Å². The van der Waals surface area contributed by atoms with Crippen molar-refractivity contribution in [2.45, 2.75) is 26.8 Å². The summed E-state index contributed by atoms with van der Waals surface area (Å²) in [5.74, 6) is 0.974. The first kappa shape index (κ1) is 14.3. The van der Waals surface area contributed by atoms with Gasteiger partial charge in [-0.3, -0.25) is 0 Å². The quantitative estimate of drug-likeness (QED) is 0.913. The standard InChI is InChI=1S/C14H20BrN3O/c1-4-19-8-13(9(2)3)18-12-6-5-10(15)7-11(12)17-14(18)16/h5-7,9,13H,4,8H2,1-3H3,(H2,16,17). The molecular weight excluding hydrogens is 306 g/mol. The van der Waals surface area contributed by atoms with Crippen molar-refractivity contribution in [3.8, 4) is 0 Å². The molecule has 4 nitrogen and oxygen atoms in total. The molecule has 2 rings (SSSR count). The molecular formula is C14H20BrN3O. The van der Waals surface area contributed by atoms with Gasteiger partial charge in [-0.05, 0) is 31.0 Å². The lowest BCUT2D eigenvalue weighted by molar-refractivity contribution is 0.0987. The summed E-state index contributed by atoms with van der Waals surface area (Å²) >= 11 is 3.46. The number of anilines is 1. The Kier molecular flexibility index (Phi) is 4.47. The van der Waals surface area contributed by atoms with E-state index in [1.807, 2.05) is 25.1 Å².